The summed E-state index contributed by atoms with van der Waals surface area (Å²) in [6.45, 7) is 2.12. The molecule has 0 fully saturated rings. The van der Waals surface area contributed by atoms with Crippen molar-refractivity contribution in [3.05, 3.63) is 59.7 Å². The highest BCUT2D eigenvalue weighted by molar-refractivity contribution is 5.80. The number of oxime groups is 1. The lowest BCUT2D eigenvalue weighted by Crippen LogP contribution is -1.85. The minimum Gasteiger partial charge on any atom is -0.399 e. The van der Waals surface area contributed by atoms with Gasteiger partial charge < -0.3 is 4.84 Å². The highest BCUT2D eigenvalue weighted by Crippen LogP contribution is 2.22. The fraction of sp³-hybridized carbons (Fsp3) is 0.133. The first-order valence-electron chi connectivity index (χ1n) is 5.54. The van der Waals surface area contributed by atoms with Gasteiger partial charge >= 0.3 is 0 Å². The Bertz CT molecular complexity index is 515. The smallest absolute Gasteiger partial charge is 0.106 e. The lowest BCUT2D eigenvalue weighted by Gasteiger charge is -2.05. The Kier molecular flexibility index (Phi) is 3.55. The van der Waals surface area contributed by atoms with Crippen molar-refractivity contribution in [2.45, 2.75) is 6.92 Å². The van der Waals surface area contributed by atoms with Crippen LogP contribution in [0.15, 0.2) is 53.7 Å². The maximum Gasteiger partial charge on any atom is 0.106 e. The maximum atomic E-state index is 4.65. The van der Waals surface area contributed by atoms with Crippen molar-refractivity contribution in [1.29, 1.82) is 0 Å². The Labute approximate surface area is 102 Å². The van der Waals surface area contributed by atoms with Crippen LogP contribution < -0.4 is 0 Å². The summed E-state index contributed by atoms with van der Waals surface area (Å²) in [7, 11) is 1.54. The van der Waals surface area contributed by atoms with E-state index in [1.54, 1.807) is 6.21 Å². The molecule has 0 aliphatic heterocycles. The first-order valence-corrected chi connectivity index (χ1v) is 5.54. The third-order valence-corrected chi connectivity index (χ3v) is 2.67. The molecule has 0 N–H and O–H groups in total. The Hall–Kier alpha value is -2.09. The molecule has 0 atom stereocenters. The average Bonchev–Trinajstić information content (AvgIpc) is 2.38. The predicted octanol–water partition coefficient (Wildman–Crippen LogP) is 3.64. The van der Waals surface area contributed by atoms with Gasteiger partial charge in [0.2, 0.25) is 0 Å². The standard InChI is InChI=1S/C15H15NO/c1-12-5-3-4-6-15(12)14-9-7-13(8-10-14)11-16-17-2/h3-11H,1-2H3/b16-11+. The molecule has 0 aliphatic carbocycles. The lowest BCUT2D eigenvalue weighted by atomic mass is 10.00. The topological polar surface area (TPSA) is 21.6 Å². The van der Waals surface area contributed by atoms with E-state index in [0.717, 1.165) is 5.56 Å². The fourth-order valence-electron chi connectivity index (χ4n) is 1.76. The van der Waals surface area contributed by atoms with Crippen molar-refractivity contribution < 1.29 is 4.84 Å². The second-order valence-corrected chi connectivity index (χ2v) is 3.85. The minimum atomic E-state index is 1.03. The van der Waals surface area contributed by atoms with Crippen LogP contribution >= 0.6 is 0 Å². The molecule has 0 saturated carbocycles. The van der Waals surface area contributed by atoms with E-state index in [1.807, 2.05) is 12.1 Å². The number of aryl methyl sites for hydroxylation is 1. The van der Waals surface area contributed by atoms with Crippen molar-refractivity contribution in [2.75, 3.05) is 7.11 Å². The molecular weight excluding hydrogens is 210 g/mol. The van der Waals surface area contributed by atoms with Crippen LogP contribution in [0.4, 0.5) is 0 Å². The minimum absolute atomic E-state index is 1.03. The molecule has 0 spiro atoms. The zero-order chi connectivity index (χ0) is 12.1. The van der Waals surface area contributed by atoms with Crippen LogP contribution in [0.25, 0.3) is 11.1 Å². The van der Waals surface area contributed by atoms with E-state index in [0.29, 0.717) is 0 Å². The normalized spacial score (nSPS) is 10.7. The van der Waals surface area contributed by atoms with Gasteiger partial charge in [-0.15, -0.1) is 0 Å². The van der Waals surface area contributed by atoms with Crippen LogP contribution in [-0.4, -0.2) is 13.3 Å². The van der Waals surface area contributed by atoms with Gasteiger partial charge in [0.05, 0.1) is 6.21 Å². The summed E-state index contributed by atoms with van der Waals surface area (Å²) in [6.07, 6.45) is 1.70. The molecule has 0 aliphatic rings. The molecule has 0 bridgehead atoms. The number of benzene rings is 2. The third-order valence-electron chi connectivity index (χ3n) is 2.67. The number of rotatable bonds is 3. The molecule has 0 amide bonds. The molecule has 2 aromatic rings. The SMILES string of the molecule is CO/N=C/c1ccc(-c2ccccc2C)cc1. The monoisotopic (exact) mass is 225 g/mol. The van der Waals surface area contributed by atoms with Crippen LogP contribution in [-0.2, 0) is 4.84 Å². The van der Waals surface area contributed by atoms with Crippen LogP contribution in [0.2, 0.25) is 0 Å². The van der Waals surface area contributed by atoms with Gasteiger partial charge in [0, 0.05) is 0 Å². The lowest BCUT2D eigenvalue weighted by molar-refractivity contribution is 0.215. The van der Waals surface area contributed by atoms with Gasteiger partial charge in [-0.25, -0.2) is 0 Å². The van der Waals surface area contributed by atoms with E-state index >= 15 is 0 Å². The first kappa shape index (κ1) is 11.4. The maximum absolute atomic E-state index is 4.65. The molecular formula is C15H15NO. The molecule has 0 aromatic heterocycles. The third kappa shape index (κ3) is 2.72. The van der Waals surface area contributed by atoms with Crippen LogP contribution in [0.5, 0.6) is 0 Å². The summed E-state index contributed by atoms with van der Waals surface area (Å²) >= 11 is 0. The van der Waals surface area contributed by atoms with E-state index in [2.05, 4.69) is 53.3 Å². The largest absolute Gasteiger partial charge is 0.399 e. The Morgan fingerprint density at radius 3 is 2.35 bits per heavy atom. The number of hydrogen-bond donors (Lipinski definition) is 0. The number of nitrogens with zero attached hydrogens (tertiary/aromatic N) is 1. The number of hydrogen-bond acceptors (Lipinski definition) is 2. The molecule has 17 heavy (non-hydrogen) atoms. The van der Waals surface area contributed by atoms with Gasteiger partial charge in [-0.3, -0.25) is 0 Å². The van der Waals surface area contributed by atoms with Crippen LogP contribution in [0.1, 0.15) is 11.1 Å². The van der Waals surface area contributed by atoms with E-state index < -0.39 is 0 Å². The van der Waals surface area contributed by atoms with Crippen LogP contribution in [0, 0.1) is 6.92 Å². The predicted molar refractivity (Wildman–Crippen MR) is 71.2 cm³/mol. The molecule has 0 unspecified atom stereocenters. The van der Waals surface area contributed by atoms with E-state index in [9.17, 15) is 0 Å². The van der Waals surface area contributed by atoms with Crippen molar-refractivity contribution >= 4 is 6.21 Å². The molecule has 2 aromatic carbocycles. The quantitative estimate of drug-likeness (QED) is 0.577. The van der Waals surface area contributed by atoms with Gasteiger partial charge in [0.1, 0.15) is 7.11 Å². The van der Waals surface area contributed by atoms with E-state index in [4.69, 9.17) is 0 Å². The summed E-state index contributed by atoms with van der Waals surface area (Å²) in [4.78, 5) is 4.65. The van der Waals surface area contributed by atoms with Crippen molar-refractivity contribution in [2.24, 2.45) is 5.16 Å². The molecule has 2 nitrogen and oxygen atoms in total. The van der Waals surface area contributed by atoms with E-state index in [1.165, 1.54) is 23.8 Å². The summed E-state index contributed by atoms with van der Waals surface area (Å²) in [5, 5.41) is 3.74. The van der Waals surface area contributed by atoms with E-state index in [-0.39, 0.29) is 0 Å². The first-order chi connectivity index (χ1) is 8.31. The molecule has 0 saturated heterocycles. The van der Waals surface area contributed by atoms with Crippen molar-refractivity contribution in [3.8, 4) is 11.1 Å². The van der Waals surface area contributed by atoms with Crippen molar-refractivity contribution in [3.63, 3.8) is 0 Å². The molecule has 86 valence electrons. The van der Waals surface area contributed by atoms with Gasteiger partial charge in [0.15, 0.2) is 0 Å². The highest BCUT2D eigenvalue weighted by Gasteiger charge is 1.99. The zero-order valence-corrected chi connectivity index (χ0v) is 10.1. The second kappa shape index (κ2) is 5.30. The zero-order valence-electron chi connectivity index (χ0n) is 10.1. The van der Waals surface area contributed by atoms with Crippen molar-refractivity contribution in [1.82, 2.24) is 0 Å². The Morgan fingerprint density at radius 2 is 1.71 bits per heavy atom. The van der Waals surface area contributed by atoms with Gasteiger partial charge in [0.25, 0.3) is 0 Å². The molecule has 0 radical (unpaired) electrons. The summed E-state index contributed by atoms with van der Waals surface area (Å²) in [6, 6.07) is 16.6. The van der Waals surface area contributed by atoms with Gasteiger partial charge in [-0.05, 0) is 29.2 Å². The second-order valence-electron chi connectivity index (χ2n) is 3.85. The van der Waals surface area contributed by atoms with Gasteiger partial charge in [-0.2, -0.15) is 0 Å². The molecule has 2 heteroatoms. The Morgan fingerprint density at radius 1 is 1.00 bits per heavy atom. The Balaban J connectivity index is 2.30. The molecule has 2 rings (SSSR count). The summed E-state index contributed by atoms with van der Waals surface area (Å²) in [5.74, 6) is 0. The highest BCUT2D eigenvalue weighted by atomic mass is 16.6. The summed E-state index contributed by atoms with van der Waals surface area (Å²) < 4.78 is 0. The summed E-state index contributed by atoms with van der Waals surface area (Å²) in [5.41, 5.74) is 4.80. The molecule has 0 heterocycles. The fourth-order valence-corrected chi connectivity index (χ4v) is 1.76. The average molecular weight is 225 g/mol. The van der Waals surface area contributed by atoms with Crippen LogP contribution in [0.3, 0.4) is 0 Å². The van der Waals surface area contributed by atoms with Gasteiger partial charge in [-0.1, -0.05) is 53.7 Å².